The molecule has 0 aromatic heterocycles. The van der Waals surface area contributed by atoms with Gasteiger partial charge < -0.3 is 15.2 Å². The number of carbonyl (C=O) groups excluding carboxylic acids is 1. The van der Waals surface area contributed by atoms with Crippen LogP contribution in [0.2, 0.25) is 0 Å². The summed E-state index contributed by atoms with van der Waals surface area (Å²) < 4.78 is 43.0. The summed E-state index contributed by atoms with van der Waals surface area (Å²) in [4.78, 5) is 11.9. The molecule has 1 amide bonds. The van der Waals surface area contributed by atoms with E-state index in [2.05, 4.69) is 5.32 Å². The average molecular weight is 317 g/mol. The highest BCUT2D eigenvalue weighted by molar-refractivity contribution is 5.94. The molecule has 7 heteroatoms. The highest BCUT2D eigenvalue weighted by Gasteiger charge is 2.31. The Bertz CT molecular complexity index is 513. The Kier molecular flexibility index (Phi) is 5.42. The molecular weight excluding hydrogens is 299 g/mol. The first-order valence-corrected chi connectivity index (χ1v) is 7.09. The van der Waals surface area contributed by atoms with Gasteiger partial charge in [-0.1, -0.05) is 6.07 Å². The molecule has 4 nitrogen and oxygen atoms in total. The zero-order valence-corrected chi connectivity index (χ0v) is 11.9. The summed E-state index contributed by atoms with van der Waals surface area (Å²) in [5, 5.41) is 12.5. The van der Waals surface area contributed by atoms with Crippen LogP contribution in [-0.2, 0) is 10.9 Å². The number of aliphatic hydroxyl groups is 1. The minimum Gasteiger partial charge on any atom is -0.391 e. The van der Waals surface area contributed by atoms with Gasteiger partial charge in [0, 0.05) is 25.3 Å². The lowest BCUT2D eigenvalue weighted by atomic mass is 9.94. The fourth-order valence-electron chi connectivity index (χ4n) is 2.40. The number of benzene rings is 1. The van der Waals surface area contributed by atoms with Crippen LogP contribution in [0, 0.1) is 5.92 Å². The molecule has 0 bridgehead atoms. The van der Waals surface area contributed by atoms with Crippen LogP contribution < -0.4 is 5.32 Å². The van der Waals surface area contributed by atoms with Crippen molar-refractivity contribution in [1.82, 2.24) is 5.32 Å². The summed E-state index contributed by atoms with van der Waals surface area (Å²) in [5.74, 6) is -0.590. The zero-order valence-electron chi connectivity index (χ0n) is 11.9. The number of nitrogens with one attached hydrogen (secondary N) is 1. The molecule has 1 atom stereocenters. The van der Waals surface area contributed by atoms with Crippen molar-refractivity contribution in [2.45, 2.75) is 25.1 Å². The molecule has 0 aliphatic carbocycles. The van der Waals surface area contributed by atoms with E-state index in [0.717, 1.165) is 12.1 Å². The summed E-state index contributed by atoms with van der Waals surface area (Å²) in [6, 6.07) is 4.21. The van der Waals surface area contributed by atoms with E-state index in [-0.39, 0.29) is 18.0 Å². The summed E-state index contributed by atoms with van der Waals surface area (Å²) in [5.41, 5.74) is -0.945. The van der Waals surface area contributed by atoms with Crippen LogP contribution in [0.4, 0.5) is 13.2 Å². The molecule has 22 heavy (non-hydrogen) atoms. The molecule has 1 unspecified atom stereocenters. The van der Waals surface area contributed by atoms with Crippen molar-refractivity contribution >= 4 is 5.91 Å². The Morgan fingerprint density at radius 2 is 2.05 bits per heavy atom. The van der Waals surface area contributed by atoms with E-state index in [1.807, 2.05) is 0 Å². The number of alkyl halides is 3. The van der Waals surface area contributed by atoms with Crippen LogP contribution in [0.25, 0.3) is 0 Å². The number of rotatable bonds is 4. The molecule has 0 radical (unpaired) electrons. The van der Waals surface area contributed by atoms with E-state index < -0.39 is 23.8 Å². The number of halogens is 3. The maximum absolute atomic E-state index is 12.6. The van der Waals surface area contributed by atoms with Gasteiger partial charge in [-0.2, -0.15) is 13.2 Å². The SMILES string of the molecule is O=C(NCC(O)C1CCOCC1)c1cccc(C(F)(F)F)c1. The van der Waals surface area contributed by atoms with E-state index in [0.29, 0.717) is 26.1 Å². The third-order valence-corrected chi connectivity index (χ3v) is 3.73. The average Bonchev–Trinajstić information content (AvgIpc) is 2.52. The largest absolute Gasteiger partial charge is 0.416 e. The first-order chi connectivity index (χ1) is 10.4. The van der Waals surface area contributed by atoms with Crippen molar-refractivity contribution in [3.8, 4) is 0 Å². The number of ether oxygens (including phenoxy) is 1. The molecule has 2 N–H and O–H groups in total. The quantitative estimate of drug-likeness (QED) is 0.895. The predicted octanol–water partition coefficient (Wildman–Crippen LogP) is 2.22. The molecule has 1 aliphatic heterocycles. The lowest BCUT2D eigenvalue weighted by Gasteiger charge is -2.26. The van der Waals surface area contributed by atoms with E-state index >= 15 is 0 Å². The number of aliphatic hydroxyl groups excluding tert-OH is 1. The first kappa shape index (κ1) is 16.8. The van der Waals surface area contributed by atoms with Crippen LogP contribution in [0.15, 0.2) is 24.3 Å². The van der Waals surface area contributed by atoms with E-state index in [9.17, 15) is 23.1 Å². The van der Waals surface area contributed by atoms with Gasteiger partial charge in [0.25, 0.3) is 5.91 Å². The fourth-order valence-corrected chi connectivity index (χ4v) is 2.40. The maximum Gasteiger partial charge on any atom is 0.416 e. The van der Waals surface area contributed by atoms with Crippen molar-refractivity contribution in [3.05, 3.63) is 35.4 Å². The highest BCUT2D eigenvalue weighted by atomic mass is 19.4. The zero-order chi connectivity index (χ0) is 16.2. The Labute approximate surface area is 126 Å². The summed E-state index contributed by atoms with van der Waals surface area (Å²) in [6.45, 7) is 1.16. The number of hydrogen-bond acceptors (Lipinski definition) is 3. The third-order valence-electron chi connectivity index (χ3n) is 3.73. The minimum atomic E-state index is -4.49. The standard InChI is InChI=1S/C15H18F3NO3/c16-15(17,18)12-3-1-2-11(8-12)14(21)19-9-13(20)10-4-6-22-7-5-10/h1-3,8,10,13,20H,4-7,9H2,(H,19,21). The van der Waals surface area contributed by atoms with Crippen molar-refractivity contribution in [2.24, 2.45) is 5.92 Å². The van der Waals surface area contributed by atoms with Gasteiger partial charge in [0.1, 0.15) is 0 Å². The molecule has 0 saturated carbocycles. The van der Waals surface area contributed by atoms with Crippen LogP contribution in [0.5, 0.6) is 0 Å². The third kappa shape index (κ3) is 4.45. The van der Waals surface area contributed by atoms with Crippen LogP contribution in [-0.4, -0.2) is 36.9 Å². The lowest BCUT2D eigenvalue weighted by Crippen LogP contribution is -2.38. The summed E-state index contributed by atoms with van der Waals surface area (Å²) in [7, 11) is 0. The summed E-state index contributed by atoms with van der Waals surface area (Å²) in [6.07, 6.45) is -3.79. The normalized spacial score (nSPS) is 18.0. The monoisotopic (exact) mass is 317 g/mol. The Morgan fingerprint density at radius 1 is 1.36 bits per heavy atom. The fraction of sp³-hybridized carbons (Fsp3) is 0.533. The van der Waals surface area contributed by atoms with Gasteiger partial charge in [-0.25, -0.2) is 0 Å². The maximum atomic E-state index is 12.6. The Balaban J connectivity index is 1.92. The van der Waals surface area contributed by atoms with Gasteiger partial charge in [-0.3, -0.25) is 4.79 Å². The van der Waals surface area contributed by atoms with Gasteiger partial charge in [0.05, 0.1) is 11.7 Å². The second kappa shape index (κ2) is 7.11. The smallest absolute Gasteiger partial charge is 0.391 e. The lowest BCUT2D eigenvalue weighted by molar-refractivity contribution is -0.137. The van der Waals surface area contributed by atoms with Crippen molar-refractivity contribution in [3.63, 3.8) is 0 Å². The molecule has 0 spiro atoms. The molecule has 1 aromatic rings. The van der Waals surface area contributed by atoms with Gasteiger partial charge in [-0.15, -0.1) is 0 Å². The highest BCUT2D eigenvalue weighted by Crippen LogP contribution is 2.29. The first-order valence-electron chi connectivity index (χ1n) is 7.09. The van der Waals surface area contributed by atoms with Crippen molar-refractivity contribution in [1.29, 1.82) is 0 Å². The molecule has 1 saturated heterocycles. The molecule has 1 aliphatic rings. The number of hydrogen-bond donors (Lipinski definition) is 2. The Hall–Kier alpha value is -1.60. The van der Waals surface area contributed by atoms with Crippen molar-refractivity contribution in [2.75, 3.05) is 19.8 Å². The molecule has 1 aromatic carbocycles. The van der Waals surface area contributed by atoms with Gasteiger partial charge in [0.2, 0.25) is 0 Å². The summed E-state index contributed by atoms with van der Waals surface area (Å²) >= 11 is 0. The second-order valence-corrected chi connectivity index (χ2v) is 5.31. The molecular formula is C15H18F3NO3. The van der Waals surface area contributed by atoms with Crippen LogP contribution in [0.3, 0.4) is 0 Å². The molecule has 122 valence electrons. The van der Waals surface area contributed by atoms with E-state index in [1.54, 1.807) is 0 Å². The van der Waals surface area contributed by atoms with Gasteiger partial charge in [0.15, 0.2) is 0 Å². The molecule has 1 heterocycles. The van der Waals surface area contributed by atoms with Crippen molar-refractivity contribution < 1.29 is 27.8 Å². The van der Waals surface area contributed by atoms with Crippen LogP contribution in [0.1, 0.15) is 28.8 Å². The van der Waals surface area contributed by atoms with E-state index in [1.165, 1.54) is 12.1 Å². The number of amides is 1. The van der Waals surface area contributed by atoms with Gasteiger partial charge in [-0.05, 0) is 37.0 Å². The number of carbonyl (C=O) groups is 1. The molecule has 2 rings (SSSR count). The van der Waals surface area contributed by atoms with Crippen LogP contribution >= 0.6 is 0 Å². The van der Waals surface area contributed by atoms with E-state index in [4.69, 9.17) is 4.74 Å². The Morgan fingerprint density at radius 3 is 2.68 bits per heavy atom. The topological polar surface area (TPSA) is 58.6 Å². The minimum absolute atomic E-state index is 0.0136. The van der Waals surface area contributed by atoms with Gasteiger partial charge >= 0.3 is 6.18 Å². The molecule has 1 fully saturated rings. The predicted molar refractivity (Wildman–Crippen MR) is 73.3 cm³/mol. The second-order valence-electron chi connectivity index (χ2n) is 5.31.